The predicted octanol–water partition coefficient (Wildman–Crippen LogP) is 4.23. The van der Waals surface area contributed by atoms with Gasteiger partial charge in [0.05, 0.1) is 5.04 Å². The Morgan fingerprint density at radius 3 is 2.19 bits per heavy atom. The highest BCUT2D eigenvalue weighted by Gasteiger charge is 2.35. The number of hydrazone groups is 1. The van der Waals surface area contributed by atoms with Gasteiger partial charge in [0.25, 0.3) is 0 Å². The minimum absolute atomic E-state index is 0.00542. The quantitative estimate of drug-likeness (QED) is 0.893. The maximum Gasteiger partial charge on any atom is 0.109 e. The van der Waals surface area contributed by atoms with E-state index in [-0.39, 0.29) is 4.87 Å². The van der Waals surface area contributed by atoms with E-state index >= 15 is 0 Å². The Morgan fingerprint density at radius 1 is 0.952 bits per heavy atom. The fourth-order valence-corrected chi connectivity index (χ4v) is 3.81. The highest BCUT2D eigenvalue weighted by molar-refractivity contribution is 8.15. The lowest BCUT2D eigenvalue weighted by Gasteiger charge is -2.26. The summed E-state index contributed by atoms with van der Waals surface area (Å²) in [6, 6.07) is 21.2. The van der Waals surface area contributed by atoms with Crippen LogP contribution in [-0.4, -0.2) is 9.91 Å². The van der Waals surface area contributed by atoms with Crippen LogP contribution < -0.4 is 5.43 Å². The van der Waals surface area contributed by atoms with Gasteiger partial charge in [-0.25, -0.2) is 0 Å². The van der Waals surface area contributed by atoms with E-state index in [2.05, 4.69) is 78.1 Å². The summed E-state index contributed by atoms with van der Waals surface area (Å²) in [5.41, 5.74) is 6.06. The van der Waals surface area contributed by atoms with Crippen molar-refractivity contribution >= 4 is 16.8 Å². The number of thioether (sulfide) groups is 1. The summed E-state index contributed by atoms with van der Waals surface area (Å²) in [5.74, 6) is 0. The van der Waals surface area contributed by atoms with Gasteiger partial charge in [-0.3, -0.25) is 5.43 Å². The van der Waals surface area contributed by atoms with Crippen molar-refractivity contribution in [1.29, 1.82) is 0 Å². The van der Waals surface area contributed by atoms with Crippen LogP contribution in [0.25, 0.3) is 0 Å². The molecule has 0 saturated carbocycles. The first-order chi connectivity index (χ1) is 10.3. The van der Waals surface area contributed by atoms with Crippen LogP contribution in [0.5, 0.6) is 0 Å². The second kappa shape index (κ2) is 6.35. The van der Waals surface area contributed by atoms with Crippen LogP contribution in [0.15, 0.2) is 65.8 Å². The first kappa shape index (κ1) is 14.2. The summed E-state index contributed by atoms with van der Waals surface area (Å²) in [6.45, 7) is 2.23. The Kier molecular flexibility index (Phi) is 4.30. The number of rotatable bonds is 5. The predicted molar refractivity (Wildman–Crippen MR) is 91.5 cm³/mol. The highest BCUT2D eigenvalue weighted by atomic mass is 32.2. The van der Waals surface area contributed by atoms with Crippen molar-refractivity contribution in [2.75, 3.05) is 0 Å². The first-order valence-corrected chi connectivity index (χ1v) is 8.22. The number of nitrogens with one attached hydrogen (secondary N) is 1. The lowest BCUT2D eigenvalue weighted by molar-refractivity contribution is 0.474. The Labute approximate surface area is 130 Å². The van der Waals surface area contributed by atoms with E-state index in [1.165, 1.54) is 16.2 Å². The summed E-state index contributed by atoms with van der Waals surface area (Å²) >= 11 is 1.89. The van der Waals surface area contributed by atoms with E-state index in [4.69, 9.17) is 0 Å². The van der Waals surface area contributed by atoms with Gasteiger partial charge in [0.15, 0.2) is 0 Å². The lowest BCUT2D eigenvalue weighted by atomic mass is 10.0. The number of benzene rings is 2. The first-order valence-electron chi connectivity index (χ1n) is 7.40. The van der Waals surface area contributed by atoms with Crippen molar-refractivity contribution < 1.29 is 0 Å². The van der Waals surface area contributed by atoms with Crippen LogP contribution in [0, 0.1) is 0 Å². The molecule has 0 amide bonds. The maximum absolute atomic E-state index is 4.58. The van der Waals surface area contributed by atoms with Crippen molar-refractivity contribution in [2.45, 2.75) is 31.1 Å². The molecule has 0 saturated heterocycles. The average molecular weight is 296 g/mol. The van der Waals surface area contributed by atoms with Crippen molar-refractivity contribution in [3.05, 3.63) is 71.8 Å². The lowest BCUT2D eigenvalue weighted by Crippen LogP contribution is -2.37. The van der Waals surface area contributed by atoms with Gasteiger partial charge in [0.2, 0.25) is 0 Å². The Balaban J connectivity index is 1.67. The van der Waals surface area contributed by atoms with E-state index < -0.39 is 0 Å². The van der Waals surface area contributed by atoms with Crippen LogP contribution >= 0.6 is 11.8 Å². The molecular weight excluding hydrogens is 276 g/mol. The van der Waals surface area contributed by atoms with Gasteiger partial charge in [-0.2, -0.15) is 5.10 Å². The molecular formula is C18H20N2S. The van der Waals surface area contributed by atoms with Gasteiger partial charge < -0.3 is 0 Å². The van der Waals surface area contributed by atoms with E-state index in [1.807, 2.05) is 11.8 Å². The average Bonchev–Trinajstić information content (AvgIpc) is 2.93. The van der Waals surface area contributed by atoms with Gasteiger partial charge in [0, 0.05) is 12.8 Å². The van der Waals surface area contributed by atoms with Crippen molar-refractivity contribution in [2.24, 2.45) is 5.10 Å². The molecule has 2 nitrogen and oxygen atoms in total. The number of hydrogen-bond acceptors (Lipinski definition) is 3. The molecule has 0 spiro atoms. The zero-order valence-electron chi connectivity index (χ0n) is 12.3. The Bertz CT molecular complexity index is 610. The molecule has 1 aliphatic rings. The SMILES string of the molecule is CC[C@@]1(Cc2ccccc2)NN=C(Cc2ccccc2)S1. The summed E-state index contributed by atoms with van der Waals surface area (Å²) in [4.78, 5) is 0.00542. The highest BCUT2D eigenvalue weighted by Crippen LogP contribution is 2.36. The molecule has 0 fully saturated rings. The molecule has 1 N–H and O–H groups in total. The van der Waals surface area contributed by atoms with Crippen LogP contribution in [0.3, 0.4) is 0 Å². The molecule has 1 aliphatic heterocycles. The molecule has 108 valence electrons. The third-order valence-electron chi connectivity index (χ3n) is 3.80. The fraction of sp³-hybridized carbons (Fsp3) is 0.278. The molecule has 3 rings (SSSR count). The molecule has 2 aromatic rings. The molecule has 2 aromatic carbocycles. The molecule has 1 atom stereocenters. The smallest absolute Gasteiger partial charge is 0.109 e. The van der Waals surface area contributed by atoms with E-state index in [0.717, 1.165) is 19.3 Å². The molecule has 1 heterocycles. The number of nitrogens with zero attached hydrogens (tertiary/aromatic N) is 1. The second-order valence-electron chi connectivity index (χ2n) is 5.39. The molecule has 0 bridgehead atoms. The minimum atomic E-state index is 0.00542. The molecule has 0 aromatic heterocycles. The zero-order chi connectivity index (χ0) is 14.5. The fourth-order valence-electron chi connectivity index (χ4n) is 2.56. The monoisotopic (exact) mass is 296 g/mol. The van der Waals surface area contributed by atoms with Gasteiger partial charge in [-0.1, -0.05) is 79.3 Å². The van der Waals surface area contributed by atoms with Crippen molar-refractivity contribution in [3.8, 4) is 0 Å². The third-order valence-corrected chi connectivity index (χ3v) is 5.19. The Hall–Kier alpha value is -1.74. The van der Waals surface area contributed by atoms with E-state index in [0.29, 0.717) is 0 Å². The van der Waals surface area contributed by atoms with Gasteiger partial charge in [0.1, 0.15) is 4.87 Å². The molecule has 0 radical (unpaired) electrons. The van der Waals surface area contributed by atoms with Gasteiger partial charge in [-0.05, 0) is 17.5 Å². The summed E-state index contributed by atoms with van der Waals surface area (Å²) < 4.78 is 0. The molecule has 21 heavy (non-hydrogen) atoms. The standard InChI is InChI=1S/C18H20N2S/c1-2-18(14-16-11-7-4-8-12-16)20-19-17(21-18)13-15-9-5-3-6-10-15/h3-12,20H,2,13-14H2,1H3/t18-/m1/s1. The van der Waals surface area contributed by atoms with Gasteiger partial charge in [-0.15, -0.1) is 0 Å². The van der Waals surface area contributed by atoms with Crippen LogP contribution in [-0.2, 0) is 12.8 Å². The largest absolute Gasteiger partial charge is 0.292 e. The Morgan fingerprint density at radius 2 is 1.57 bits per heavy atom. The molecule has 3 heteroatoms. The van der Waals surface area contributed by atoms with Crippen molar-refractivity contribution in [3.63, 3.8) is 0 Å². The second-order valence-corrected chi connectivity index (χ2v) is 6.85. The number of hydrogen-bond donors (Lipinski definition) is 1. The third kappa shape index (κ3) is 3.48. The zero-order valence-corrected chi connectivity index (χ0v) is 13.1. The van der Waals surface area contributed by atoms with E-state index in [1.54, 1.807) is 0 Å². The summed E-state index contributed by atoms with van der Waals surface area (Å²) in [7, 11) is 0. The normalized spacial score (nSPS) is 20.9. The maximum atomic E-state index is 4.58. The topological polar surface area (TPSA) is 24.4 Å². The summed E-state index contributed by atoms with van der Waals surface area (Å²) in [6.07, 6.45) is 2.96. The van der Waals surface area contributed by atoms with Gasteiger partial charge >= 0.3 is 0 Å². The molecule has 0 aliphatic carbocycles. The van der Waals surface area contributed by atoms with E-state index in [9.17, 15) is 0 Å². The molecule has 0 unspecified atom stereocenters. The van der Waals surface area contributed by atoms with Crippen LogP contribution in [0.2, 0.25) is 0 Å². The van der Waals surface area contributed by atoms with Crippen LogP contribution in [0.4, 0.5) is 0 Å². The van der Waals surface area contributed by atoms with Crippen molar-refractivity contribution in [1.82, 2.24) is 5.43 Å². The van der Waals surface area contributed by atoms with Crippen LogP contribution in [0.1, 0.15) is 24.5 Å². The summed E-state index contributed by atoms with van der Waals surface area (Å²) in [5, 5.41) is 5.76. The minimum Gasteiger partial charge on any atom is -0.292 e.